The van der Waals surface area contributed by atoms with E-state index in [0.29, 0.717) is 23.8 Å². The molecule has 0 bridgehead atoms. The molecular weight excluding hydrogens is 262 g/mol. The van der Waals surface area contributed by atoms with Crippen molar-refractivity contribution in [2.24, 2.45) is 5.41 Å². The minimum Gasteiger partial charge on any atom is -0.281 e. The van der Waals surface area contributed by atoms with Crippen molar-refractivity contribution < 1.29 is 8.42 Å². The molecular formula is C10H16ClN3O2S. The number of aromatic nitrogens is 2. The number of aryl methyl sites for hydroxylation is 2. The van der Waals surface area contributed by atoms with Crippen molar-refractivity contribution in [1.82, 2.24) is 14.9 Å². The highest BCUT2D eigenvalue weighted by atomic mass is 35.5. The molecule has 5 nitrogen and oxygen atoms in total. The van der Waals surface area contributed by atoms with E-state index in [1.807, 2.05) is 0 Å². The first-order valence-corrected chi connectivity index (χ1v) is 7.49. The maximum absolute atomic E-state index is 12.1. The van der Waals surface area contributed by atoms with E-state index >= 15 is 0 Å². The Hall–Kier alpha value is -0.590. The largest absolute Gasteiger partial charge is 0.281 e. The number of hydrogen-bond donors (Lipinski definition) is 2. The number of nitrogens with zero attached hydrogens (tertiary/aromatic N) is 1. The molecule has 0 aliphatic heterocycles. The minimum absolute atomic E-state index is 0.0276. The fourth-order valence-electron chi connectivity index (χ4n) is 1.79. The van der Waals surface area contributed by atoms with E-state index in [0.717, 1.165) is 12.8 Å². The van der Waals surface area contributed by atoms with Gasteiger partial charge in [-0.3, -0.25) is 5.10 Å². The summed E-state index contributed by atoms with van der Waals surface area (Å²) in [4.78, 5) is 0.253. The van der Waals surface area contributed by atoms with Crippen molar-refractivity contribution in [3.8, 4) is 0 Å². The second kappa shape index (κ2) is 4.26. The Morgan fingerprint density at radius 2 is 2.12 bits per heavy atom. The van der Waals surface area contributed by atoms with Crippen LogP contribution in [0.15, 0.2) is 4.90 Å². The van der Waals surface area contributed by atoms with E-state index < -0.39 is 10.0 Å². The van der Waals surface area contributed by atoms with Gasteiger partial charge in [0.15, 0.2) is 0 Å². The summed E-state index contributed by atoms with van der Waals surface area (Å²) in [5, 5.41) is 6.57. The Bertz CT molecular complexity index is 500. The molecule has 17 heavy (non-hydrogen) atoms. The van der Waals surface area contributed by atoms with Gasteiger partial charge in [-0.05, 0) is 32.1 Å². The molecule has 1 aliphatic rings. The highest BCUT2D eigenvalue weighted by molar-refractivity contribution is 7.89. The van der Waals surface area contributed by atoms with Crippen LogP contribution in [0.2, 0.25) is 0 Å². The maximum Gasteiger partial charge on any atom is 0.244 e. The maximum atomic E-state index is 12.1. The van der Waals surface area contributed by atoms with Crippen LogP contribution in [0.25, 0.3) is 0 Å². The molecule has 1 saturated carbocycles. The van der Waals surface area contributed by atoms with E-state index in [-0.39, 0.29) is 10.3 Å². The van der Waals surface area contributed by atoms with Gasteiger partial charge < -0.3 is 0 Å². The Kier molecular flexibility index (Phi) is 3.22. The lowest BCUT2D eigenvalue weighted by molar-refractivity contribution is 0.534. The number of H-pyrrole nitrogens is 1. The molecule has 0 atom stereocenters. The molecule has 1 aromatic heterocycles. The fraction of sp³-hybridized carbons (Fsp3) is 0.700. The molecule has 1 aromatic rings. The molecule has 2 N–H and O–H groups in total. The Labute approximate surface area is 106 Å². The summed E-state index contributed by atoms with van der Waals surface area (Å²) in [5.41, 5.74) is 1.02. The van der Waals surface area contributed by atoms with Crippen molar-refractivity contribution in [3.63, 3.8) is 0 Å². The lowest BCUT2D eigenvalue weighted by atomic mass is 10.1. The van der Waals surface area contributed by atoms with E-state index in [1.54, 1.807) is 13.8 Å². The van der Waals surface area contributed by atoms with Gasteiger partial charge in [0.1, 0.15) is 4.90 Å². The zero-order chi connectivity index (χ0) is 12.7. The van der Waals surface area contributed by atoms with Gasteiger partial charge in [-0.1, -0.05) is 0 Å². The van der Waals surface area contributed by atoms with Crippen LogP contribution in [-0.2, 0) is 10.0 Å². The normalized spacial score (nSPS) is 18.3. The Balaban J connectivity index is 2.15. The average Bonchev–Trinajstić information content (AvgIpc) is 2.97. The number of rotatable bonds is 5. The summed E-state index contributed by atoms with van der Waals surface area (Å²) in [7, 11) is -3.48. The predicted molar refractivity (Wildman–Crippen MR) is 65.6 cm³/mol. The molecule has 7 heteroatoms. The van der Waals surface area contributed by atoms with Gasteiger partial charge in [-0.25, -0.2) is 13.1 Å². The van der Waals surface area contributed by atoms with Crippen molar-refractivity contribution >= 4 is 21.6 Å². The number of aromatic amines is 1. The molecule has 1 heterocycles. The van der Waals surface area contributed by atoms with Gasteiger partial charge in [-0.15, -0.1) is 11.6 Å². The molecule has 0 radical (unpaired) electrons. The van der Waals surface area contributed by atoms with E-state index in [2.05, 4.69) is 14.9 Å². The van der Waals surface area contributed by atoms with Gasteiger partial charge in [-0.2, -0.15) is 5.10 Å². The van der Waals surface area contributed by atoms with Gasteiger partial charge in [0, 0.05) is 12.4 Å². The van der Waals surface area contributed by atoms with E-state index in [4.69, 9.17) is 11.6 Å². The smallest absolute Gasteiger partial charge is 0.244 e. The van der Waals surface area contributed by atoms with Crippen LogP contribution in [0.4, 0.5) is 0 Å². The molecule has 1 fully saturated rings. The van der Waals surface area contributed by atoms with Crippen LogP contribution in [0.3, 0.4) is 0 Å². The first-order chi connectivity index (χ1) is 7.90. The summed E-state index contributed by atoms with van der Waals surface area (Å²) in [6.07, 6.45) is 1.98. The summed E-state index contributed by atoms with van der Waals surface area (Å²) in [6.45, 7) is 3.78. The Morgan fingerprint density at radius 1 is 1.47 bits per heavy atom. The van der Waals surface area contributed by atoms with Crippen LogP contribution < -0.4 is 4.72 Å². The highest BCUT2D eigenvalue weighted by Crippen LogP contribution is 2.46. The van der Waals surface area contributed by atoms with Crippen LogP contribution in [-0.4, -0.2) is 31.0 Å². The molecule has 0 saturated heterocycles. The third-order valence-electron chi connectivity index (χ3n) is 3.21. The molecule has 0 aromatic carbocycles. The van der Waals surface area contributed by atoms with Gasteiger partial charge >= 0.3 is 0 Å². The van der Waals surface area contributed by atoms with Gasteiger partial charge in [0.25, 0.3) is 0 Å². The third kappa shape index (κ3) is 2.48. The van der Waals surface area contributed by atoms with E-state index in [1.165, 1.54) is 0 Å². The molecule has 2 rings (SSSR count). The summed E-state index contributed by atoms with van der Waals surface area (Å²) in [5.74, 6) is 0.499. The van der Waals surface area contributed by atoms with Crippen molar-refractivity contribution in [1.29, 1.82) is 0 Å². The van der Waals surface area contributed by atoms with Crippen LogP contribution in [0, 0.1) is 19.3 Å². The van der Waals surface area contributed by atoms with Crippen molar-refractivity contribution in [3.05, 3.63) is 11.4 Å². The second-order valence-corrected chi connectivity index (χ2v) is 6.69. The standard InChI is InChI=1S/C10H16ClN3O2S/c1-7-9(8(2)14-13-7)17(15,16)12-6-10(5-11)3-4-10/h12H,3-6H2,1-2H3,(H,13,14). The summed E-state index contributed by atoms with van der Waals surface area (Å²) < 4.78 is 26.8. The topological polar surface area (TPSA) is 74.8 Å². The van der Waals surface area contributed by atoms with E-state index in [9.17, 15) is 8.42 Å². The summed E-state index contributed by atoms with van der Waals surface area (Å²) in [6, 6.07) is 0. The molecule has 1 aliphatic carbocycles. The lowest BCUT2D eigenvalue weighted by Gasteiger charge is -2.12. The molecule has 0 spiro atoms. The third-order valence-corrected chi connectivity index (χ3v) is 5.44. The number of halogens is 1. The quantitative estimate of drug-likeness (QED) is 0.797. The van der Waals surface area contributed by atoms with Gasteiger partial charge in [0.2, 0.25) is 10.0 Å². The SMILES string of the molecule is Cc1n[nH]c(C)c1S(=O)(=O)NCC1(CCl)CC1. The zero-order valence-electron chi connectivity index (χ0n) is 9.88. The van der Waals surface area contributed by atoms with Crippen molar-refractivity contribution in [2.75, 3.05) is 12.4 Å². The predicted octanol–water partition coefficient (Wildman–Crippen LogP) is 1.32. The molecule has 96 valence electrons. The van der Waals surface area contributed by atoms with Gasteiger partial charge in [0.05, 0.1) is 11.4 Å². The Morgan fingerprint density at radius 3 is 2.53 bits per heavy atom. The number of hydrogen-bond acceptors (Lipinski definition) is 3. The number of alkyl halides is 1. The van der Waals surface area contributed by atoms with Crippen LogP contribution in [0.5, 0.6) is 0 Å². The molecule has 0 unspecified atom stereocenters. The zero-order valence-corrected chi connectivity index (χ0v) is 11.5. The molecule has 0 amide bonds. The first-order valence-electron chi connectivity index (χ1n) is 5.47. The number of nitrogens with one attached hydrogen (secondary N) is 2. The van der Waals surface area contributed by atoms with Crippen LogP contribution in [0.1, 0.15) is 24.2 Å². The fourth-order valence-corrected chi connectivity index (χ4v) is 3.68. The lowest BCUT2D eigenvalue weighted by Crippen LogP contribution is -2.31. The number of sulfonamides is 1. The minimum atomic E-state index is -3.48. The van der Waals surface area contributed by atoms with Crippen molar-refractivity contribution in [2.45, 2.75) is 31.6 Å². The van der Waals surface area contributed by atoms with Crippen LogP contribution >= 0.6 is 11.6 Å². The first kappa shape index (κ1) is 12.9. The highest BCUT2D eigenvalue weighted by Gasteiger charge is 2.42. The average molecular weight is 278 g/mol. The monoisotopic (exact) mass is 277 g/mol. The summed E-state index contributed by atoms with van der Waals surface area (Å²) >= 11 is 5.82. The second-order valence-electron chi connectivity index (χ2n) is 4.72.